The first-order chi connectivity index (χ1) is 14.5. The fourth-order valence-corrected chi connectivity index (χ4v) is 6.95. The Labute approximate surface area is 175 Å². The van der Waals surface area contributed by atoms with Gasteiger partial charge in [-0.05, 0) is 62.8 Å². The molecule has 0 aromatic carbocycles. The van der Waals surface area contributed by atoms with Gasteiger partial charge in [0.25, 0.3) is 5.56 Å². The number of aromatic amines is 1. The Kier molecular flexibility index (Phi) is 3.78. The van der Waals surface area contributed by atoms with E-state index >= 15 is 0 Å². The van der Waals surface area contributed by atoms with Crippen LogP contribution < -0.4 is 5.56 Å². The van der Waals surface area contributed by atoms with Gasteiger partial charge in [0.2, 0.25) is 0 Å². The standard InChI is InChI=1S/C23H28N6O/c1-4-12(2)20-27-21(30)18-11-25-22(29(18)28-20)23-9-14-7-15(10-23)19(16(23)8-14)17-5-6-24-13(3)26-17/h5-6,11-12,14-16,19H,4,7-10H2,1-3H3,(H,27,28,30). The highest BCUT2D eigenvalue weighted by atomic mass is 16.1. The highest BCUT2D eigenvalue weighted by Gasteiger charge is 2.65. The van der Waals surface area contributed by atoms with Gasteiger partial charge in [-0.25, -0.2) is 19.5 Å². The lowest BCUT2D eigenvalue weighted by molar-refractivity contribution is 0.240. The summed E-state index contributed by atoms with van der Waals surface area (Å²) in [6.45, 7) is 6.20. The summed E-state index contributed by atoms with van der Waals surface area (Å²) in [6.07, 6.45) is 9.33. The second kappa shape index (κ2) is 6.22. The normalized spacial score (nSPS) is 32.9. The van der Waals surface area contributed by atoms with Gasteiger partial charge in [0, 0.05) is 29.1 Å². The fraction of sp³-hybridized carbons (Fsp3) is 0.609. The third kappa shape index (κ3) is 2.35. The molecule has 4 fully saturated rings. The quantitative estimate of drug-likeness (QED) is 0.719. The molecule has 4 aliphatic rings. The number of aromatic nitrogens is 6. The average molecular weight is 405 g/mol. The zero-order chi connectivity index (χ0) is 20.6. The highest BCUT2D eigenvalue weighted by Crippen LogP contribution is 2.70. The number of fused-ring (bicyclic) bond motifs is 1. The van der Waals surface area contributed by atoms with Crippen molar-refractivity contribution in [2.45, 2.75) is 70.1 Å². The fourth-order valence-electron chi connectivity index (χ4n) is 6.95. The number of hydrogen-bond acceptors (Lipinski definition) is 5. The summed E-state index contributed by atoms with van der Waals surface area (Å²) in [5, 5.41) is 4.89. The zero-order valence-electron chi connectivity index (χ0n) is 17.8. The Morgan fingerprint density at radius 1 is 1.30 bits per heavy atom. The van der Waals surface area contributed by atoms with Crippen LogP contribution in [0, 0.1) is 24.7 Å². The molecule has 4 aliphatic carbocycles. The average Bonchev–Trinajstić information content (AvgIpc) is 3.34. The smallest absolute Gasteiger partial charge is 0.276 e. The first-order valence-electron chi connectivity index (χ1n) is 11.3. The Hall–Kier alpha value is -2.57. The molecule has 7 heteroatoms. The molecule has 1 N–H and O–H groups in total. The van der Waals surface area contributed by atoms with E-state index in [2.05, 4.69) is 29.9 Å². The molecule has 7 nitrogen and oxygen atoms in total. The van der Waals surface area contributed by atoms with Crippen molar-refractivity contribution < 1.29 is 0 Å². The van der Waals surface area contributed by atoms with Crippen LogP contribution in [0.1, 0.15) is 81.0 Å². The first kappa shape index (κ1) is 18.2. The Morgan fingerprint density at radius 2 is 2.17 bits per heavy atom. The molecular weight excluding hydrogens is 376 g/mol. The maximum Gasteiger partial charge on any atom is 0.276 e. The van der Waals surface area contributed by atoms with Crippen LogP contribution in [0.25, 0.3) is 5.52 Å². The molecule has 3 heterocycles. The van der Waals surface area contributed by atoms with Crippen LogP contribution in [0.3, 0.4) is 0 Å². The van der Waals surface area contributed by atoms with E-state index < -0.39 is 0 Å². The van der Waals surface area contributed by atoms with Crippen molar-refractivity contribution >= 4 is 5.52 Å². The van der Waals surface area contributed by atoms with Crippen LogP contribution in [0.5, 0.6) is 0 Å². The molecule has 4 bridgehead atoms. The minimum atomic E-state index is -0.0869. The molecule has 3 aromatic heterocycles. The molecular formula is C23H28N6O. The predicted octanol–water partition coefficient (Wildman–Crippen LogP) is 3.50. The molecule has 4 saturated carbocycles. The summed E-state index contributed by atoms with van der Waals surface area (Å²) >= 11 is 0. The van der Waals surface area contributed by atoms with E-state index in [1.807, 2.05) is 17.6 Å². The summed E-state index contributed by atoms with van der Waals surface area (Å²) in [7, 11) is 0. The largest absolute Gasteiger partial charge is 0.307 e. The summed E-state index contributed by atoms with van der Waals surface area (Å²) in [4.78, 5) is 29.7. The Morgan fingerprint density at radius 3 is 2.97 bits per heavy atom. The van der Waals surface area contributed by atoms with Crippen LogP contribution in [0.15, 0.2) is 23.3 Å². The second-order valence-electron chi connectivity index (χ2n) is 9.85. The maximum atomic E-state index is 12.8. The van der Waals surface area contributed by atoms with Crippen LogP contribution >= 0.6 is 0 Å². The monoisotopic (exact) mass is 404 g/mol. The summed E-state index contributed by atoms with van der Waals surface area (Å²) in [6, 6.07) is 2.10. The van der Waals surface area contributed by atoms with Crippen molar-refractivity contribution in [1.82, 2.24) is 29.5 Å². The molecule has 0 saturated heterocycles. The molecule has 3 aromatic rings. The van der Waals surface area contributed by atoms with E-state index in [1.54, 1.807) is 6.20 Å². The van der Waals surface area contributed by atoms with E-state index in [-0.39, 0.29) is 16.9 Å². The third-order valence-corrected chi connectivity index (χ3v) is 8.24. The summed E-state index contributed by atoms with van der Waals surface area (Å²) in [5.74, 6) is 5.14. The molecule has 0 amide bonds. The molecule has 7 rings (SSSR count). The minimum absolute atomic E-state index is 0.00294. The number of rotatable bonds is 4. The number of H-pyrrole nitrogens is 1. The molecule has 0 spiro atoms. The third-order valence-electron chi connectivity index (χ3n) is 8.24. The summed E-state index contributed by atoms with van der Waals surface area (Å²) < 4.78 is 1.88. The topological polar surface area (TPSA) is 88.8 Å². The number of nitrogens with zero attached hydrogens (tertiary/aromatic N) is 5. The van der Waals surface area contributed by atoms with Crippen molar-refractivity contribution in [3.63, 3.8) is 0 Å². The number of aryl methyl sites for hydroxylation is 1. The number of hydrogen-bond donors (Lipinski definition) is 1. The van der Waals surface area contributed by atoms with Crippen LogP contribution in [0.4, 0.5) is 0 Å². The van der Waals surface area contributed by atoms with Gasteiger partial charge in [0.15, 0.2) is 5.52 Å². The van der Waals surface area contributed by atoms with Crippen molar-refractivity contribution in [2.75, 3.05) is 0 Å². The zero-order valence-corrected chi connectivity index (χ0v) is 17.8. The molecule has 6 atom stereocenters. The van der Waals surface area contributed by atoms with Gasteiger partial charge in [-0.15, -0.1) is 0 Å². The molecule has 0 radical (unpaired) electrons. The highest BCUT2D eigenvalue weighted by molar-refractivity contribution is 5.45. The molecule has 156 valence electrons. The lowest BCUT2D eigenvalue weighted by atomic mass is 9.74. The Bertz CT molecular complexity index is 1200. The molecule has 30 heavy (non-hydrogen) atoms. The van der Waals surface area contributed by atoms with Crippen molar-refractivity contribution in [2.24, 2.45) is 17.8 Å². The lowest BCUT2D eigenvalue weighted by Gasteiger charge is -2.32. The van der Waals surface area contributed by atoms with Gasteiger partial charge in [0.1, 0.15) is 17.5 Å². The van der Waals surface area contributed by atoms with Crippen LogP contribution in [-0.4, -0.2) is 29.5 Å². The minimum Gasteiger partial charge on any atom is -0.307 e. The Balaban J connectivity index is 1.50. The van der Waals surface area contributed by atoms with Gasteiger partial charge in [0.05, 0.1) is 6.20 Å². The molecule has 0 aliphatic heterocycles. The first-order valence-corrected chi connectivity index (χ1v) is 11.3. The van der Waals surface area contributed by atoms with Crippen LogP contribution in [-0.2, 0) is 5.41 Å². The van der Waals surface area contributed by atoms with Gasteiger partial charge >= 0.3 is 0 Å². The van der Waals surface area contributed by atoms with Crippen molar-refractivity contribution in [3.8, 4) is 0 Å². The second-order valence-corrected chi connectivity index (χ2v) is 9.85. The van der Waals surface area contributed by atoms with Gasteiger partial charge in [-0.3, -0.25) is 4.79 Å². The SMILES string of the molecule is CCC(C)c1nn2c(C34CC5CC(C3)C(c3ccnc(C)n3)C4C5)ncc2c(=O)[nH]1. The summed E-state index contributed by atoms with van der Waals surface area (Å²) in [5.41, 5.74) is 1.66. The predicted molar refractivity (Wildman–Crippen MR) is 112 cm³/mol. The van der Waals surface area contributed by atoms with Gasteiger partial charge < -0.3 is 4.98 Å². The van der Waals surface area contributed by atoms with Gasteiger partial charge in [-0.1, -0.05) is 13.8 Å². The van der Waals surface area contributed by atoms with E-state index in [4.69, 9.17) is 15.1 Å². The lowest BCUT2D eigenvalue weighted by Crippen LogP contribution is -2.32. The van der Waals surface area contributed by atoms with Crippen molar-refractivity contribution in [1.29, 1.82) is 0 Å². The van der Waals surface area contributed by atoms with Gasteiger partial charge in [-0.2, -0.15) is 5.10 Å². The number of imidazole rings is 1. The van der Waals surface area contributed by atoms with Crippen molar-refractivity contribution in [3.05, 3.63) is 52.0 Å². The van der Waals surface area contributed by atoms with E-state index in [0.29, 0.717) is 23.3 Å². The maximum absolute atomic E-state index is 12.8. The molecule has 6 unspecified atom stereocenters. The number of nitrogens with one attached hydrogen (secondary N) is 1. The van der Waals surface area contributed by atoms with Crippen LogP contribution in [0.2, 0.25) is 0 Å². The van der Waals surface area contributed by atoms with E-state index in [9.17, 15) is 4.79 Å². The van der Waals surface area contributed by atoms with E-state index in [1.165, 1.54) is 18.5 Å². The van der Waals surface area contributed by atoms with E-state index in [0.717, 1.165) is 42.7 Å².